The second-order valence-corrected chi connectivity index (χ2v) is 8.00. The molecule has 3 aromatic rings. The van der Waals surface area contributed by atoms with Crippen LogP contribution in [0, 0.1) is 18.7 Å². The van der Waals surface area contributed by atoms with Crippen molar-refractivity contribution < 1.29 is 18.7 Å². The van der Waals surface area contributed by atoms with Gasteiger partial charge >= 0.3 is 5.97 Å². The second kappa shape index (κ2) is 9.34. The minimum absolute atomic E-state index is 0.128. The first-order valence-corrected chi connectivity index (χ1v) is 10.8. The van der Waals surface area contributed by atoms with Gasteiger partial charge in [0, 0.05) is 24.8 Å². The molecule has 1 aliphatic rings. The Morgan fingerprint density at radius 2 is 1.84 bits per heavy atom. The van der Waals surface area contributed by atoms with Crippen molar-refractivity contribution in [3.05, 3.63) is 71.7 Å². The van der Waals surface area contributed by atoms with E-state index < -0.39 is 0 Å². The number of benzene rings is 2. The van der Waals surface area contributed by atoms with Crippen molar-refractivity contribution in [2.75, 3.05) is 19.7 Å². The molecule has 2 heterocycles. The molecule has 0 atom stereocenters. The molecule has 6 nitrogen and oxygen atoms in total. The van der Waals surface area contributed by atoms with E-state index in [2.05, 4.69) is 5.10 Å². The lowest BCUT2D eigenvalue weighted by Crippen LogP contribution is -2.40. The number of carbonyl (C=O) groups is 2. The molecule has 32 heavy (non-hydrogen) atoms. The van der Waals surface area contributed by atoms with Gasteiger partial charge in [0.2, 0.25) is 0 Å². The number of carbonyl (C=O) groups excluding carboxylic acids is 2. The van der Waals surface area contributed by atoms with Crippen LogP contribution in [0.2, 0.25) is 0 Å². The Kier molecular flexibility index (Phi) is 6.35. The molecule has 4 rings (SSSR count). The minimum Gasteiger partial charge on any atom is -0.466 e. The van der Waals surface area contributed by atoms with E-state index in [1.165, 1.54) is 12.1 Å². The summed E-state index contributed by atoms with van der Waals surface area (Å²) >= 11 is 0. The van der Waals surface area contributed by atoms with Crippen LogP contribution in [-0.4, -0.2) is 46.3 Å². The van der Waals surface area contributed by atoms with E-state index in [9.17, 15) is 14.0 Å². The Hall–Kier alpha value is -3.48. The molecule has 1 fully saturated rings. The largest absolute Gasteiger partial charge is 0.466 e. The van der Waals surface area contributed by atoms with Crippen molar-refractivity contribution in [1.29, 1.82) is 0 Å². The Balaban J connectivity index is 1.64. The maximum Gasteiger partial charge on any atom is 0.309 e. The van der Waals surface area contributed by atoms with Crippen LogP contribution in [0.3, 0.4) is 0 Å². The molecule has 1 amide bonds. The molecule has 1 aromatic heterocycles. The van der Waals surface area contributed by atoms with Crippen LogP contribution in [0.5, 0.6) is 0 Å². The van der Waals surface area contributed by atoms with Gasteiger partial charge in [-0.2, -0.15) is 5.10 Å². The molecule has 0 radical (unpaired) electrons. The number of halogens is 1. The predicted octanol–water partition coefficient (Wildman–Crippen LogP) is 4.40. The molecular formula is C25H26FN3O3. The summed E-state index contributed by atoms with van der Waals surface area (Å²) in [5.41, 5.74) is 3.63. The lowest BCUT2D eigenvalue weighted by Gasteiger charge is -2.30. The standard InChI is InChI=1S/C25H26FN3O3/c1-3-32-25(31)18-11-13-28(14-12-18)24(30)22-16-29(21-9-7-20(26)8-10-21)27-23(22)19-6-4-5-17(2)15-19/h4-10,15-16,18H,3,11-14H2,1-2H3. The molecule has 0 bridgehead atoms. The molecule has 1 saturated heterocycles. The van der Waals surface area contributed by atoms with E-state index in [4.69, 9.17) is 4.74 Å². The SMILES string of the molecule is CCOC(=O)C1CCN(C(=O)c2cn(-c3ccc(F)cc3)nc2-c2cccc(C)c2)CC1. The highest BCUT2D eigenvalue weighted by atomic mass is 19.1. The lowest BCUT2D eigenvalue weighted by molar-refractivity contribution is -0.149. The highest BCUT2D eigenvalue weighted by Crippen LogP contribution is 2.28. The third-order valence-corrected chi connectivity index (χ3v) is 5.73. The summed E-state index contributed by atoms with van der Waals surface area (Å²) < 4.78 is 20.1. The fourth-order valence-corrected chi connectivity index (χ4v) is 4.01. The van der Waals surface area contributed by atoms with Crippen molar-refractivity contribution in [3.8, 4) is 16.9 Å². The number of ether oxygens (including phenoxy) is 1. The third-order valence-electron chi connectivity index (χ3n) is 5.73. The predicted molar refractivity (Wildman–Crippen MR) is 119 cm³/mol. The van der Waals surface area contributed by atoms with Gasteiger partial charge in [-0.05, 0) is 57.0 Å². The first-order chi connectivity index (χ1) is 15.5. The average molecular weight is 435 g/mol. The molecule has 166 valence electrons. The summed E-state index contributed by atoms with van der Waals surface area (Å²) in [4.78, 5) is 27.3. The maximum atomic E-state index is 13.5. The van der Waals surface area contributed by atoms with Crippen LogP contribution in [0.1, 0.15) is 35.7 Å². The zero-order valence-corrected chi connectivity index (χ0v) is 18.3. The molecule has 1 aliphatic heterocycles. The van der Waals surface area contributed by atoms with E-state index in [1.807, 2.05) is 31.2 Å². The van der Waals surface area contributed by atoms with E-state index in [0.29, 0.717) is 49.5 Å². The molecule has 0 N–H and O–H groups in total. The number of esters is 1. The highest BCUT2D eigenvalue weighted by Gasteiger charge is 2.30. The second-order valence-electron chi connectivity index (χ2n) is 8.00. The van der Waals surface area contributed by atoms with Gasteiger partial charge in [0.25, 0.3) is 5.91 Å². The minimum atomic E-state index is -0.333. The van der Waals surface area contributed by atoms with Crippen molar-refractivity contribution >= 4 is 11.9 Å². The normalized spacial score (nSPS) is 14.4. The zero-order valence-electron chi connectivity index (χ0n) is 18.3. The van der Waals surface area contributed by atoms with E-state index in [0.717, 1.165) is 11.1 Å². The van der Waals surface area contributed by atoms with Gasteiger partial charge in [0.15, 0.2) is 0 Å². The van der Waals surface area contributed by atoms with Crippen LogP contribution in [-0.2, 0) is 9.53 Å². The van der Waals surface area contributed by atoms with E-state index in [1.54, 1.807) is 34.8 Å². The topological polar surface area (TPSA) is 64.4 Å². The van der Waals surface area contributed by atoms with Gasteiger partial charge in [-0.15, -0.1) is 0 Å². The fraction of sp³-hybridized carbons (Fsp3) is 0.320. The van der Waals surface area contributed by atoms with Gasteiger partial charge in [-0.1, -0.05) is 23.8 Å². The lowest BCUT2D eigenvalue weighted by atomic mass is 9.96. The summed E-state index contributed by atoms with van der Waals surface area (Å²) in [7, 11) is 0. The Labute approximate surface area is 186 Å². The number of aryl methyl sites for hydroxylation is 1. The fourth-order valence-electron chi connectivity index (χ4n) is 4.01. The number of hydrogen-bond donors (Lipinski definition) is 0. The number of likely N-dealkylation sites (tertiary alicyclic amines) is 1. The number of aromatic nitrogens is 2. The van der Waals surface area contributed by atoms with Crippen molar-refractivity contribution in [2.24, 2.45) is 5.92 Å². The Morgan fingerprint density at radius 3 is 2.50 bits per heavy atom. The zero-order chi connectivity index (χ0) is 22.7. The highest BCUT2D eigenvalue weighted by molar-refractivity contribution is 6.00. The van der Waals surface area contributed by atoms with Crippen LogP contribution in [0.4, 0.5) is 4.39 Å². The van der Waals surface area contributed by atoms with Gasteiger partial charge in [-0.3, -0.25) is 9.59 Å². The average Bonchev–Trinajstić information content (AvgIpc) is 3.25. The van der Waals surface area contributed by atoms with Crippen molar-refractivity contribution in [3.63, 3.8) is 0 Å². The molecular weight excluding hydrogens is 409 g/mol. The van der Waals surface area contributed by atoms with Gasteiger partial charge in [0.1, 0.15) is 11.5 Å². The summed E-state index contributed by atoms with van der Waals surface area (Å²) in [6.45, 7) is 5.11. The number of amides is 1. The first-order valence-electron chi connectivity index (χ1n) is 10.8. The molecule has 7 heteroatoms. The van der Waals surface area contributed by atoms with Crippen molar-refractivity contribution in [2.45, 2.75) is 26.7 Å². The number of nitrogens with zero attached hydrogens (tertiary/aromatic N) is 3. The monoisotopic (exact) mass is 435 g/mol. The molecule has 0 aliphatic carbocycles. The van der Waals surface area contributed by atoms with E-state index >= 15 is 0 Å². The molecule has 2 aromatic carbocycles. The number of hydrogen-bond acceptors (Lipinski definition) is 4. The maximum absolute atomic E-state index is 13.5. The number of piperidine rings is 1. The Bertz CT molecular complexity index is 1120. The molecule has 0 unspecified atom stereocenters. The van der Waals surface area contributed by atoms with Gasteiger partial charge in [-0.25, -0.2) is 9.07 Å². The first kappa shape index (κ1) is 21.7. The van der Waals surface area contributed by atoms with Crippen molar-refractivity contribution in [1.82, 2.24) is 14.7 Å². The van der Waals surface area contributed by atoms with Crippen LogP contribution in [0.15, 0.2) is 54.7 Å². The quantitative estimate of drug-likeness (QED) is 0.557. The third kappa shape index (κ3) is 4.56. The van der Waals surface area contributed by atoms with Crippen LogP contribution < -0.4 is 0 Å². The van der Waals surface area contributed by atoms with E-state index in [-0.39, 0.29) is 23.6 Å². The number of rotatable bonds is 5. The summed E-state index contributed by atoms with van der Waals surface area (Å²) in [6.07, 6.45) is 2.86. The summed E-state index contributed by atoms with van der Waals surface area (Å²) in [5, 5.41) is 4.68. The van der Waals surface area contributed by atoms with Crippen LogP contribution in [0.25, 0.3) is 16.9 Å². The summed E-state index contributed by atoms with van der Waals surface area (Å²) in [6, 6.07) is 13.8. The summed E-state index contributed by atoms with van der Waals surface area (Å²) in [5.74, 6) is -0.820. The molecule has 0 saturated carbocycles. The van der Waals surface area contributed by atoms with Gasteiger partial charge in [0.05, 0.1) is 23.8 Å². The van der Waals surface area contributed by atoms with Crippen LogP contribution >= 0.6 is 0 Å². The Morgan fingerprint density at radius 1 is 1.12 bits per heavy atom. The molecule has 0 spiro atoms. The van der Waals surface area contributed by atoms with Gasteiger partial charge < -0.3 is 9.64 Å². The smallest absolute Gasteiger partial charge is 0.309 e.